The molecule has 107 heavy (non-hydrogen) atoms. The minimum Gasteiger partial charge on any atom is -0.389 e. The van der Waals surface area contributed by atoms with E-state index in [4.69, 9.17) is 0 Å². The second-order valence-corrected chi connectivity index (χ2v) is 38.9. The maximum absolute atomic E-state index is 9.95. The van der Waals surface area contributed by atoms with Crippen LogP contribution in [0.5, 0.6) is 0 Å². The Morgan fingerprint density at radius 3 is 0.766 bits per heavy atom. The molecule has 0 aliphatic heterocycles. The summed E-state index contributed by atoms with van der Waals surface area (Å²) in [7, 11) is 0. The van der Waals surface area contributed by atoms with Gasteiger partial charge in [-0.25, -0.2) is 0 Å². The maximum Gasteiger partial charge on any atom is 0.0747 e. The van der Waals surface area contributed by atoms with Gasteiger partial charge in [0, 0.05) is 0 Å². The number of allylic oxidation sites excluding steroid dienone is 24. The van der Waals surface area contributed by atoms with Crippen molar-refractivity contribution in [2.24, 2.45) is 37.9 Å². The maximum atomic E-state index is 9.95. The van der Waals surface area contributed by atoms with Crippen LogP contribution < -0.4 is 0 Å². The molecule has 0 aromatic carbocycles. The Morgan fingerprint density at radius 1 is 0.252 bits per heavy atom. The Kier molecular flexibility index (Phi) is 77.6. The molecule has 0 rings (SSSR count). The van der Waals surface area contributed by atoms with Gasteiger partial charge < -0.3 is 20.4 Å². The van der Waals surface area contributed by atoms with Crippen LogP contribution in [0, 0.1) is 37.9 Å². The van der Waals surface area contributed by atoms with Gasteiger partial charge in [-0.3, -0.25) is 0 Å². The standard InChI is InChI=1S/C16H30.2C15H28O.C15H28.2C14H26O.C14H26/c1-6-7-8-9-10-12-15(2)13-11-14-16(3,4)5;2*1-6-7-8-9-10-13(2)14(16)11-12-15(3,4)5;1-6-7-8-9-11-14(2)12-10-13-15(3,4)5;2*1-6-7-8-9-12(2)13(15)10-11-14(3,4)5;1-6-7-8-10-13(2)11-9-12-14(3,4)5/h8-9,12H,6-7,10-11,13-14H2,1-5H3;2*7-8,10,14,16H,6,9,11-12H2,1-5H3;7-8,12H,6,9-11,13H2,1-5H3;2*6-7,9,13,15H,8,10-11H2,1-5H3;6-7,11H,8-10,12H2,1-5H3/b9-8+,15-12-;8-7+,13-10+;8-7+,13-10-;8-7+,14-12+;7-6+,12-9+;7-6+,12-9-;7-6+,13-11+. The van der Waals surface area contributed by atoms with Crippen molar-refractivity contribution >= 4 is 0 Å². The largest absolute Gasteiger partial charge is 0.389 e. The lowest BCUT2D eigenvalue weighted by Gasteiger charge is -2.20. The molecule has 0 aromatic heterocycles. The van der Waals surface area contributed by atoms with Crippen molar-refractivity contribution in [3.8, 4) is 0 Å². The summed E-state index contributed by atoms with van der Waals surface area (Å²) < 4.78 is 0. The van der Waals surface area contributed by atoms with Crippen molar-refractivity contribution in [3.63, 3.8) is 0 Å². The Morgan fingerprint density at radius 2 is 0.495 bits per heavy atom. The van der Waals surface area contributed by atoms with Gasteiger partial charge in [-0.05, 0) is 309 Å². The van der Waals surface area contributed by atoms with Gasteiger partial charge >= 0.3 is 0 Å². The van der Waals surface area contributed by atoms with Crippen LogP contribution in [0.15, 0.2) is 167 Å². The Bertz CT molecular complexity index is 2380. The molecule has 628 valence electrons. The summed E-state index contributed by atoms with van der Waals surface area (Å²) in [4.78, 5) is 0. The zero-order valence-corrected chi connectivity index (χ0v) is 78.7. The van der Waals surface area contributed by atoms with Gasteiger partial charge in [0.2, 0.25) is 0 Å². The molecular weight excluding hydrogens is 1300 g/mol. The van der Waals surface area contributed by atoms with Crippen LogP contribution in [-0.2, 0) is 0 Å². The van der Waals surface area contributed by atoms with Gasteiger partial charge in [0.15, 0.2) is 0 Å². The molecule has 4 heteroatoms. The lowest BCUT2D eigenvalue weighted by Crippen LogP contribution is -2.13. The number of aliphatic hydroxyl groups excluding tert-OH is 4. The van der Waals surface area contributed by atoms with Gasteiger partial charge in [-0.2, -0.15) is 0 Å². The molecular formula is C103H192O4. The number of aliphatic hydroxyl groups is 4. The van der Waals surface area contributed by atoms with Crippen LogP contribution in [0.3, 0.4) is 0 Å². The van der Waals surface area contributed by atoms with Crippen molar-refractivity contribution in [2.45, 2.75) is 453 Å². The summed E-state index contributed by atoms with van der Waals surface area (Å²) in [6.07, 6.45) is 77.0. The highest BCUT2D eigenvalue weighted by atomic mass is 16.3. The van der Waals surface area contributed by atoms with Crippen molar-refractivity contribution in [1.82, 2.24) is 0 Å². The van der Waals surface area contributed by atoms with Crippen LogP contribution in [0.4, 0.5) is 0 Å². The first-order valence-electron chi connectivity index (χ1n) is 43.1. The molecule has 0 spiro atoms. The van der Waals surface area contributed by atoms with E-state index in [0.29, 0.717) is 37.9 Å². The average Bonchev–Trinajstić information content (AvgIpc) is 0.954. The van der Waals surface area contributed by atoms with E-state index in [2.05, 4.69) is 316 Å². The highest BCUT2D eigenvalue weighted by Gasteiger charge is 2.18. The molecule has 4 unspecified atom stereocenters. The quantitative estimate of drug-likeness (QED) is 0.0461. The number of rotatable bonds is 40. The van der Waals surface area contributed by atoms with Gasteiger partial charge in [0.05, 0.1) is 24.4 Å². The normalized spacial score (nSPS) is 15.0. The first-order chi connectivity index (χ1) is 49.3. The second kappa shape index (κ2) is 71.3. The van der Waals surface area contributed by atoms with Gasteiger partial charge in [-0.15, -0.1) is 0 Å². The van der Waals surface area contributed by atoms with E-state index in [1.165, 1.54) is 89.0 Å². The van der Waals surface area contributed by atoms with E-state index in [1.54, 1.807) is 11.1 Å². The molecule has 0 aromatic rings. The third-order valence-corrected chi connectivity index (χ3v) is 17.9. The van der Waals surface area contributed by atoms with Crippen molar-refractivity contribution in [3.05, 3.63) is 167 Å². The van der Waals surface area contributed by atoms with Gasteiger partial charge in [-0.1, -0.05) is 324 Å². The molecule has 0 saturated heterocycles. The van der Waals surface area contributed by atoms with E-state index in [-0.39, 0.29) is 24.4 Å². The third kappa shape index (κ3) is 109. The van der Waals surface area contributed by atoms with Gasteiger partial charge in [0.1, 0.15) is 0 Å². The minimum absolute atomic E-state index is 0.269. The smallest absolute Gasteiger partial charge is 0.0747 e. The Labute approximate surface area is 674 Å². The summed E-state index contributed by atoms with van der Waals surface area (Å²) in [6, 6.07) is 0. The van der Waals surface area contributed by atoms with Crippen molar-refractivity contribution in [1.29, 1.82) is 0 Å². The van der Waals surface area contributed by atoms with Crippen LogP contribution in [-0.4, -0.2) is 44.8 Å². The zero-order chi connectivity index (χ0) is 84.2. The fraction of sp³-hybridized carbons (Fsp3) is 0.728. The van der Waals surface area contributed by atoms with E-state index in [0.717, 1.165) is 125 Å². The van der Waals surface area contributed by atoms with E-state index in [9.17, 15) is 20.4 Å². The highest BCUT2D eigenvalue weighted by molar-refractivity contribution is 5.11. The predicted octanol–water partition coefficient (Wildman–Crippen LogP) is 33.6. The summed E-state index contributed by atoms with van der Waals surface area (Å²) >= 11 is 0. The Hall–Kier alpha value is -3.80. The molecule has 0 aliphatic rings. The van der Waals surface area contributed by atoms with Crippen LogP contribution in [0.2, 0.25) is 0 Å². The topological polar surface area (TPSA) is 80.9 Å². The summed E-state index contributed by atoms with van der Waals surface area (Å²) in [6.45, 7) is 76.9. The first kappa shape index (κ1) is 116. The monoisotopic (exact) mass is 1490 g/mol. The molecule has 4 N–H and O–H groups in total. The summed E-state index contributed by atoms with van der Waals surface area (Å²) in [5, 5.41) is 39.7. The molecule has 0 bridgehead atoms. The van der Waals surface area contributed by atoms with E-state index in [1.807, 2.05) is 53.7 Å². The molecule has 0 saturated carbocycles. The minimum atomic E-state index is -0.269. The molecule has 4 atom stereocenters. The van der Waals surface area contributed by atoms with E-state index < -0.39 is 0 Å². The summed E-state index contributed by atoms with van der Waals surface area (Å²) in [5.74, 6) is 0. The fourth-order valence-electron chi connectivity index (χ4n) is 9.98. The number of unbranched alkanes of at least 4 members (excludes halogenated alkanes) is 1. The molecule has 0 aliphatic carbocycles. The molecule has 0 radical (unpaired) electrons. The van der Waals surface area contributed by atoms with Crippen LogP contribution in [0.1, 0.15) is 429 Å². The second-order valence-electron chi connectivity index (χ2n) is 38.9. The van der Waals surface area contributed by atoms with Gasteiger partial charge in [0.25, 0.3) is 0 Å². The molecule has 0 heterocycles. The first-order valence-corrected chi connectivity index (χ1v) is 43.1. The highest BCUT2D eigenvalue weighted by Crippen LogP contribution is 2.29. The Balaban J connectivity index is -0.000000218. The summed E-state index contributed by atoms with van der Waals surface area (Å²) in [5.41, 5.74) is 11.7. The van der Waals surface area contributed by atoms with Crippen molar-refractivity contribution in [2.75, 3.05) is 0 Å². The van der Waals surface area contributed by atoms with Crippen LogP contribution >= 0.6 is 0 Å². The van der Waals surface area contributed by atoms with Crippen LogP contribution in [0.25, 0.3) is 0 Å². The molecule has 0 amide bonds. The van der Waals surface area contributed by atoms with E-state index >= 15 is 0 Å². The lowest BCUT2D eigenvalue weighted by atomic mass is 9.88. The van der Waals surface area contributed by atoms with Crippen molar-refractivity contribution < 1.29 is 20.4 Å². The number of hydrogen-bond donors (Lipinski definition) is 4. The third-order valence-electron chi connectivity index (χ3n) is 17.9. The average molecular weight is 1490 g/mol. The fourth-order valence-corrected chi connectivity index (χ4v) is 9.98. The predicted molar refractivity (Wildman–Crippen MR) is 494 cm³/mol. The lowest BCUT2D eigenvalue weighted by molar-refractivity contribution is 0.177. The molecule has 4 nitrogen and oxygen atoms in total. The SMILES string of the molecule is C/C=C/C/C=C(/C)C(O)CCC(C)(C)C.C/C=C/C/C=C(\C)C(O)CCC(C)(C)C.C/C=C/CC/C(C)=C/CCC(C)(C)C.CC/C=C/C/C=C(/C)C(O)CCC(C)(C)C.CC/C=C/C/C=C(\C)C(O)CCC(C)(C)C.CC/C=C/CC/C(C)=C/CCC(C)(C)C.CCC/C=C/C/C=C(/C)CCCC(C)(C)C. The molecule has 0 fully saturated rings. The zero-order valence-electron chi connectivity index (χ0n) is 78.7. The number of hydrogen-bond acceptors (Lipinski definition) is 4.